The summed E-state index contributed by atoms with van der Waals surface area (Å²) in [6, 6.07) is 3.81. The van der Waals surface area contributed by atoms with Gasteiger partial charge in [0.1, 0.15) is 11.8 Å². The van der Waals surface area contributed by atoms with Crippen molar-refractivity contribution in [1.29, 1.82) is 0 Å². The van der Waals surface area contributed by atoms with E-state index in [0.717, 1.165) is 12.8 Å². The van der Waals surface area contributed by atoms with Crippen molar-refractivity contribution < 1.29 is 23.9 Å². The van der Waals surface area contributed by atoms with Crippen LogP contribution in [-0.2, 0) is 14.3 Å². The van der Waals surface area contributed by atoms with Gasteiger partial charge in [-0.1, -0.05) is 11.6 Å². The maximum atomic E-state index is 12.5. The molecule has 1 aliphatic heterocycles. The molecule has 1 aromatic carbocycles. The Balaban J connectivity index is 2.06. The fourth-order valence-corrected chi connectivity index (χ4v) is 2.93. The van der Waals surface area contributed by atoms with Crippen LogP contribution in [-0.4, -0.2) is 48.5 Å². The van der Waals surface area contributed by atoms with Crippen molar-refractivity contribution in [3.63, 3.8) is 0 Å². The van der Waals surface area contributed by atoms with E-state index < -0.39 is 17.9 Å². The molecule has 0 aliphatic carbocycles. The highest BCUT2D eigenvalue weighted by Gasteiger charge is 2.33. The van der Waals surface area contributed by atoms with E-state index in [4.69, 9.17) is 26.8 Å². The molecule has 7 nitrogen and oxygen atoms in total. The molecule has 0 saturated carbocycles. The van der Waals surface area contributed by atoms with Gasteiger partial charge in [-0.15, -0.1) is 0 Å². The van der Waals surface area contributed by atoms with Crippen molar-refractivity contribution in [1.82, 2.24) is 4.90 Å². The van der Waals surface area contributed by atoms with Crippen molar-refractivity contribution in [2.45, 2.75) is 32.2 Å². The number of nitrogens with zero attached hydrogens (tertiary/aromatic N) is 1. The Morgan fingerprint density at radius 2 is 2.08 bits per heavy atom. The standard InChI is InChI=1S/C17H21ClN2O5/c1-2-24-17(23)13-5-3-4-8-20(13)15(21)10-25-14-7-6-11(18)9-12(14)16(19)22/h6-7,9,13H,2-5,8,10H2,1H3,(H2,19,22)/t13-/m0/s1. The van der Waals surface area contributed by atoms with Gasteiger partial charge in [0.05, 0.1) is 12.2 Å². The molecular formula is C17H21ClN2O5. The Morgan fingerprint density at radius 3 is 2.76 bits per heavy atom. The molecule has 1 aromatic rings. The first-order valence-corrected chi connectivity index (χ1v) is 8.50. The first-order valence-electron chi connectivity index (χ1n) is 8.12. The van der Waals surface area contributed by atoms with Gasteiger partial charge in [0.2, 0.25) is 0 Å². The van der Waals surface area contributed by atoms with Crippen molar-refractivity contribution in [3.05, 3.63) is 28.8 Å². The van der Waals surface area contributed by atoms with Crippen molar-refractivity contribution in [2.75, 3.05) is 19.8 Å². The van der Waals surface area contributed by atoms with Crippen LogP contribution in [0.2, 0.25) is 5.02 Å². The molecule has 1 fully saturated rings. The van der Waals surface area contributed by atoms with Crippen LogP contribution in [0.3, 0.4) is 0 Å². The van der Waals surface area contributed by atoms with Crippen LogP contribution in [0, 0.1) is 0 Å². The number of benzene rings is 1. The number of nitrogens with two attached hydrogens (primary N) is 1. The van der Waals surface area contributed by atoms with E-state index in [-0.39, 0.29) is 30.4 Å². The van der Waals surface area contributed by atoms with Gasteiger partial charge in [0, 0.05) is 11.6 Å². The quantitative estimate of drug-likeness (QED) is 0.771. The first-order chi connectivity index (χ1) is 11.9. The maximum Gasteiger partial charge on any atom is 0.328 e. The molecule has 1 atom stereocenters. The van der Waals surface area contributed by atoms with Crippen LogP contribution < -0.4 is 10.5 Å². The Hall–Kier alpha value is -2.28. The average Bonchev–Trinajstić information content (AvgIpc) is 2.60. The third-order valence-electron chi connectivity index (χ3n) is 3.94. The molecule has 2 rings (SSSR count). The highest BCUT2D eigenvalue weighted by Crippen LogP contribution is 2.23. The normalized spacial score (nSPS) is 17.0. The summed E-state index contributed by atoms with van der Waals surface area (Å²) in [5.74, 6) is -1.27. The second-order valence-electron chi connectivity index (χ2n) is 5.64. The number of halogens is 1. The lowest BCUT2D eigenvalue weighted by Crippen LogP contribution is -2.50. The minimum atomic E-state index is -0.702. The lowest BCUT2D eigenvalue weighted by molar-refractivity contribution is -0.157. The summed E-state index contributed by atoms with van der Waals surface area (Å²) in [6.45, 7) is 2.15. The van der Waals surface area contributed by atoms with Crippen molar-refractivity contribution in [3.8, 4) is 5.75 Å². The summed E-state index contributed by atoms with van der Waals surface area (Å²) in [4.78, 5) is 37.5. The van der Waals surface area contributed by atoms with Gasteiger partial charge in [-0.3, -0.25) is 9.59 Å². The molecule has 1 aliphatic rings. The van der Waals surface area contributed by atoms with E-state index in [1.807, 2.05) is 0 Å². The highest BCUT2D eigenvalue weighted by molar-refractivity contribution is 6.31. The zero-order valence-corrected chi connectivity index (χ0v) is 14.8. The predicted molar refractivity (Wildman–Crippen MR) is 91.4 cm³/mol. The minimum Gasteiger partial charge on any atom is -0.483 e. The number of esters is 1. The molecule has 2 N–H and O–H groups in total. The van der Waals surface area contributed by atoms with Crippen LogP contribution in [0.1, 0.15) is 36.5 Å². The van der Waals surface area contributed by atoms with Crippen LogP contribution in [0.5, 0.6) is 5.75 Å². The van der Waals surface area contributed by atoms with E-state index >= 15 is 0 Å². The number of rotatable bonds is 6. The van der Waals surface area contributed by atoms with E-state index in [1.165, 1.54) is 23.1 Å². The molecule has 136 valence electrons. The van der Waals surface area contributed by atoms with Crippen LogP contribution in [0.4, 0.5) is 0 Å². The Labute approximate surface area is 151 Å². The molecule has 0 unspecified atom stereocenters. The molecule has 25 heavy (non-hydrogen) atoms. The monoisotopic (exact) mass is 368 g/mol. The number of hydrogen-bond acceptors (Lipinski definition) is 5. The van der Waals surface area contributed by atoms with Gasteiger partial charge >= 0.3 is 5.97 Å². The Bertz CT molecular complexity index is 664. The average molecular weight is 369 g/mol. The molecule has 0 spiro atoms. The van der Waals surface area contributed by atoms with Crippen LogP contribution in [0.25, 0.3) is 0 Å². The lowest BCUT2D eigenvalue weighted by atomic mass is 10.0. The molecule has 0 radical (unpaired) electrons. The number of likely N-dealkylation sites (tertiary alicyclic amines) is 1. The van der Waals surface area contributed by atoms with Gasteiger partial charge in [-0.2, -0.15) is 0 Å². The van der Waals surface area contributed by atoms with E-state index in [1.54, 1.807) is 6.92 Å². The number of piperidine rings is 1. The second-order valence-corrected chi connectivity index (χ2v) is 6.08. The number of hydrogen-bond donors (Lipinski definition) is 1. The highest BCUT2D eigenvalue weighted by atomic mass is 35.5. The minimum absolute atomic E-state index is 0.0980. The van der Waals surface area contributed by atoms with E-state index in [2.05, 4.69) is 0 Å². The summed E-state index contributed by atoms with van der Waals surface area (Å²) in [7, 11) is 0. The predicted octanol–water partition coefficient (Wildman–Crippen LogP) is 1.76. The van der Waals surface area contributed by atoms with Gasteiger partial charge in [0.25, 0.3) is 11.8 Å². The topological polar surface area (TPSA) is 98.9 Å². The zero-order chi connectivity index (χ0) is 18.4. The van der Waals surface area contributed by atoms with Crippen molar-refractivity contribution in [2.24, 2.45) is 5.73 Å². The number of amides is 2. The lowest BCUT2D eigenvalue weighted by Gasteiger charge is -2.33. The molecule has 1 saturated heterocycles. The Morgan fingerprint density at radius 1 is 1.32 bits per heavy atom. The number of ether oxygens (including phenoxy) is 2. The number of carbonyl (C=O) groups excluding carboxylic acids is 3. The summed E-state index contributed by atoms with van der Waals surface area (Å²) in [5, 5.41) is 0.339. The Kier molecular flexibility index (Phi) is 6.64. The van der Waals surface area contributed by atoms with Gasteiger partial charge in [-0.05, 0) is 44.4 Å². The summed E-state index contributed by atoms with van der Waals surface area (Å²) in [5.41, 5.74) is 5.39. The molecular weight excluding hydrogens is 348 g/mol. The molecule has 8 heteroatoms. The number of carbonyl (C=O) groups is 3. The SMILES string of the molecule is CCOC(=O)[C@@H]1CCCCN1C(=O)COc1ccc(Cl)cc1C(N)=O. The van der Waals surface area contributed by atoms with E-state index in [0.29, 0.717) is 18.0 Å². The summed E-state index contributed by atoms with van der Waals surface area (Å²) in [6.07, 6.45) is 2.24. The molecule has 0 bridgehead atoms. The van der Waals surface area contributed by atoms with Crippen LogP contribution in [0.15, 0.2) is 18.2 Å². The molecule has 2 amide bonds. The second kappa shape index (κ2) is 8.71. The molecule has 1 heterocycles. The third-order valence-corrected chi connectivity index (χ3v) is 4.18. The zero-order valence-electron chi connectivity index (χ0n) is 14.0. The van der Waals surface area contributed by atoms with E-state index in [9.17, 15) is 14.4 Å². The fourth-order valence-electron chi connectivity index (χ4n) is 2.76. The van der Waals surface area contributed by atoms with Crippen LogP contribution >= 0.6 is 11.6 Å². The molecule has 0 aromatic heterocycles. The fraction of sp³-hybridized carbons (Fsp3) is 0.471. The maximum absolute atomic E-state index is 12.5. The number of primary amides is 1. The summed E-state index contributed by atoms with van der Waals surface area (Å²) >= 11 is 5.84. The van der Waals surface area contributed by atoms with Gasteiger partial charge in [-0.25, -0.2) is 4.79 Å². The van der Waals surface area contributed by atoms with Gasteiger partial charge < -0.3 is 20.1 Å². The first kappa shape index (κ1) is 19.1. The van der Waals surface area contributed by atoms with Crippen molar-refractivity contribution >= 4 is 29.4 Å². The largest absolute Gasteiger partial charge is 0.483 e. The summed E-state index contributed by atoms with van der Waals surface area (Å²) < 4.78 is 10.5. The third kappa shape index (κ3) is 4.85. The van der Waals surface area contributed by atoms with Gasteiger partial charge in [0.15, 0.2) is 6.61 Å². The smallest absolute Gasteiger partial charge is 0.328 e.